The van der Waals surface area contributed by atoms with Gasteiger partial charge >= 0.3 is 5.97 Å². The van der Waals surface area contributed by atoms with Gasteiger partial charge in [-0.25, -0.2) is 4.79 Å². The summed E-state index contributed by atoms with van der Waals surface area (Å²) in [6.07, 6.45) is 0. The predicted octanol–water partition coefficient (Wildman–Crippen LogP) is 1.93. The van der Waals surface area contributed by atoms with E-state index in [0.29, 0.717) is 0 Å². The summed E-state index contributed by atoms with van der Waals surface area (Å²) in [4.78, 5) is 50.6. The Morgan fingerprint density at radius 1 is 1.00 bits per heavy atom. The van der Waals surface area contributed by atoms with Crippen LogP contribution in [0.15, 0.2) is 54.6 Å². The molecule has 1 atom stereocenters. The van der Waals surface area contributed by atoms with Gasteiger partial charge in [-0.1, -0.05) is 30.3 Å². The summed E-state index contributed by atoms with van der Waals surface area (Å²) < 4.78 is 5.24. The summed E-state index contributed by atoms with van der Waals surface area (Å²) in [5.41, 5.74) is 6.99. The van der Waals surface area contributed by atoms with Gasteiger partial charge in [-0.2, -0.15) is 15.0 Å². The van der Waals surface area contributed by atoms with E-state index in [9.17, 15) is 14.4 Å². The van der Waals surface area contributed by atoms with Crippen LogP contribution in [0, 0.1) is 0 Å². The van der Waals surface area contributed by atoms with Crippen molar-refractivity contribution in [2.45, 2.75) is 19.6 Å². The number of anilines is 3. The first kappa shape index (κ1) is 20.0. The monoisotopic (exact) mass is 418 g/mol. The number of hydrogen-bond acceptors (Lipinski definition) is 9. The third-order valence-electron chi connectivity index (χ3n) is 4.63. The van der Waals surface area contributed by atoms with Crippen LogP contribution in [-0.4, -0.2) is 43.7 Å². The summed E-state index contributed by atoms with van der Waals surface area (Å²) in [5, 5.41) is 2.98. The molecular weight excluding hydrogens is 400 g/mol. The van der Waals surface area contributed by atoms with Gasteiger partial charge in [-0.3, -0.25) is 14.5 Å². The molecule has 3 aromatic rings. The minimum atomic E-state index is -1.12. The van der Waals surface area contributed by atoms with E-state index >= 15 is 0 Å². The van der Waals surface area contributed by atoms with Gasteiger partial charge in [0.05, 0.1) is 11.1 Å². The maximum atomic E-state index is 12.5. The van der Waals surface area contributed by atoms with Crippen molar-refractivity contribution in [3.8, 4) is 0 Å². The smallest absolute Gasteiger partial charge is 0.329 e. The molecule has 2 aromatic carbocycles. The molecule has 1 aliphatic rings. The number of fused-ring (bicyclic) bond motifs is 1. The van der Waals surface area contributed by atoms with E-state index in [-0.39, 0.29) is 35.5 Å². The highest BCUT2D eigenvalue weighted by molar-refractivity contribution is 6.22. The SMILES string of the molecule is CC(C(=O)OCc1nc(N)nc(Nc2ccccc2)n1)N1C(=O)c2ccccc2C1=O. The topological polar surface area (TPSA) is 140 Å². The average Bonchev–Trinajstić information content (AvgIpc) is 3.02. The highest BCUT2D eigenvalue weighted by Crippen LogP contribution is 2.25. The van der Waals surface area contributed by atoms with Crippen molar-refractivity contribution in [1.29, 1.82) is 0 Å². The number of nitrogens with zero attached hydrogens (tertiary/aromatic N) is 4. The number of para-hydroxylation sites is 1. The highest BCUT2D eigenvalue weighted by atomic mass is 16.5. The molecule has 2 heterocycles. The zero-order valence-electron chi connectivity index (χ0n) is 16.5. The fourth-order valence-electron chi connectivity index (χ4n) is 3.13. The number of nitrogens with two attached hydrogens (primary N) is 1. The zero-order chi connectivity index (χ0) is 22.0. The lowest BCUT2D eigenvalue weighted by Gasteiger charge is -2.20. The number of imide groups is 1. The van der Waals surface area contributed by atoms with Crippen molar-refractivity contribution in [3.05, 3.63) is 71.5 Å². The molecule has 1 aromatic heterocycles. The Balaban J connectivity index is 1.43. The summed E-state index contributed by atoms with van der Waals surface area (Å²) >= 11 is 0. The zero-order valence-corrected chi connectivity index (χ0v) is 16.5. The van der Waals surface area contributed by atoms with Crippen LogP contribution in [0.5, 0.6) is 0 Å². The summed E-state index contributed by atoms with van der Waals surface area (Å²) in [6, 6.07) is 14.5. The maximum Gasteiger partial charge on any atom is 0.329 e. The molecule has 4 rings (SSSR count). The van der Waals surface area contributed by atoms with Crippen LogP contribution in [0.1, 0.15) is 33.5 Å². The standard InChI is InChI=1S/C21H18N6O4/c1-12(27-17(28)14-9-5-6-10-15(14)18(27)29)19(30)31-11-16-24-20(22)26-21(25-16)23-13-7-3-2-4-8-13/h2-10,12H,11H2,1H3,(H3,22,23,24,25,26). The van der Waals surface area contributed by atoms with Gasteiger partial charge in [0.15, 0.2) is 12.4 Å². The summed E-state index contributed by atoms with van der Waals surface area (Å²) in [6.45, 7) is 1.12. The molecule has 2 amide bonds. The van der Waals surface area contributed by atoms with Crippen molar-refractivity contribution < 1.29 is 19.1 Å². The van der Waals surface area contributed by atoms with Crippen molar-refractivity contribution in [1.82, 2.24) is 19.9 Å². The van der Waals surface area contributed by atoms with E-state index in [1.807, 2.05) is 30.3 Å². The molecule has 0 fully saturated rings. The van der Waals surface area contributed by atoms with Crippen LogP contribution in [0.25, 0.3) is 0 Å². The third-order valence-corrected chi connectivity index (χ3v) is 4.63. The number of nitrogens with one attached hydrogen (secondary N) is 1. The second-order valence-electron chi connectivity index (χ2n) is 6.73. The van der Waals surface area contributed by atoms with Crippen LogP contribution in [0.4, 0.5) is 17.6 Å². The molecule has 156 valence electrons. The summed E-state index contributed by atoms with van der Waals surface area (Å²) in [7, 11) is 0. The second kappa shape index (κ2) is 8.19. The van der Waals surface area contributed by atoms with E-state index in [2.05, 4.69) is 20.3 Å². The van der Waals surface area contributed by atoms with Crippen LogP contribution in [0.2, 0.25) is 0 Å². The van der Waals surface area contributed by atoms with Gasteiger partial charge in [-0.05, 0) is 31.2 Å². The Bertz CT molecular complexity index is 1130. The van der Waals surface area contributed by atoms with Gasteiger partial charge < -0.3 is 15.8 Å². The largest absolute Gasteiger partial charge is 0.456 e. The number of carbonyl (C=O) groups excluding carboxylic acids is 3. The third kappa shape index (κ3) is 4.04. The van der Waals surface area contributed by atoms with Crippen molar-refractivity contribution in [2.75, 3.05) is 11.1 Å². The molecule has 0 saturated carbocycles. The molecule has 0 spiro atoms. The number of rotatable bonds is 6. The number of benzene rings is 2. The first-order valence-electron chi connectivity index (χ1n) is 9.40. The van der Waals surface area contributed by atoms with E-state index in [1.54, 1.807) is 24.3 Å². The number of aromatic nitrogens is 3. The molecule has 0 aliphatic carbocycles. The van der Waals surface area contributed by atoms with Crippen LogP contribution < -0.4 is 11.1 Å². The number of amides is 2. The number of nitrogen functional groups attached to an aromatic ring is 1. The lowest BCUT2D eigenvalue weighted by Crippen LogP contribution is -2.43. The van der Waals surface area contributed by atoms with E-state index < -0.39 is 23.8 Å². The molecule has 1 unspecified atom stereocenters. The van der Waals surface area contributed by atoms with E-state index in [4.69, 9.17) is 10.5 Å². The van der Waals surface area contributed by atoms with Gasteiger partial charge in [0.25, 0.3) is 11.8 Å². The van der Waals surface area contributed by atoms with Gasteiger partial charge in [0.2, 0.25) is 11.9 Å². The van der Waals surface area contributed by atoms with Crippen LogP contribution in [-0.2, 0) is 16.1 Å². The summed E-state index contributed by atoms with van der Waals surface area (Å²) in [5.74, 6) is -1.58. The van der Waals surface area contributed by atoms with Crippen molar-refractivity contribution >= 4 is 35.4 Å². The first-order chi connectivity index (χ1) is 14.9. The minimum Gasteiger partial charge on any atom is -0.456 e. The molecule has 0 saturated heterocycles. The molecule has 0 bridgehead atoms. The quantitative estimate of drug-likeness (QED) is 0.454. The average molecular weight is 418 g/mol. The minimum absolute atomic E-state index is 0.0483. The molecule has 1 aliphatic heterocycles. The Morgan fingerprint density at radius 3 is 2.26 bits per heavy atom. The Labute approximate surface area is 177 Å². The number of carbonyl (C=O) groups is 3. The fraction of sp³-hybridized carbons (Fsp3) is 0.143. The first-order valence-corrected chi connectivity index (χ1v) is 9.40. The van der Waals surface area contributed by atoms with E-state index in [1.165, 1.54) is 6.92 Å². The highest BCUT2D eigenvalue weighted by Gasteiger charge is 2.41. The van der Waals surface area contributed by atoms with E-state index in [0.717, 1.165) is 10.6 Å². The molecular formula is C21H18N6O4. The normalized spacial score (nSPS) is 13.6. The lowest BCUT2D eigenvalue weighted by atomic mass is 10.1. The van der Waals surface area contributed by atoms with Crippen LogP contribution >= 0.6 is 0 Å². The number of ether oxygens (including phenoxy) is 1. The van der Waals surface area contributed by atoms with Crippen molar-refractivity contribution in [2.24, 2.45) is 0 Å². The lowest BCUT2D eigenvalue weighted by molar-refractivity contribution is -0.149. The maximum absolute atomic E-state index is 12.5. The molecule has 10 nitrogen and oxygen atoms in total. The molecule has 31 heavy (non-hydrogen) atoms. The molecule has 0 radical (unpaired) electrons. The molecule has 10 heteroatoms. The fourth-order valence-corrected chi connectivity index (χ4v) is 3.13. The van der Waals surface area contributed by atoms with Crippen LogP contribution in [0.3, 0.4) is 0 Å². The van der Waals surface area contributed by atoms with Gasteiger partial charge in [0, 0.05) is 5.69 Å². The van der Waals surface area contributed by atoms with Crippen molar-refractivity contribution in [3.63, 3.8) is 0 Å². The Hall–Kier alpha value is -4.34. The Morgan fingerprint density at radius 2 is 1.61 bits per heavy atom. The second-order valence-corrected chi connectivity index (χ2v) is 6.73. The van der Waals surface area contributed by atoms with Gasteiger partial charge in [0.1, 0.15) is 6.04 Å². The van der Waals surface area contributed by atoms with Gasteiger partial charge in [-0.15, -0.1) is 0 Å². The predicted molar refractivity (Wildman–Crippen MR) is 110 cm³/mol. The Kier molecular flexibility index (Phi) is 5.27. The number of hydrogen-bond donors (Lipinski definition) is 2. The number of esters is 1. The molecule has 3 N–H and O–H groups in total.